The highest BCUT2D eigenvalue weighted by Gasteiger charge is 2.19. The summed E-state index contributed by atoms with van der Waals surface area (Å²) in [5, 5.41) is 4.83. The molecule has 36 heavy (non-hydrogen) atoms. The standard InChI is InChI=1S/C32H42N2O2/c1-5-7-8-9-10-11-12-13-14-15-30(35)36-25-16-17-29-27(21-25)31-23(3)28-22-33-19-18-26(28)24(4)32(31)34(29)20-6-2/h16-19,21-22H,5-15,20H2,1-4H3. The van der Waals surface area contributed by atoms with E-state index in [1.54, 1.807) is 0 Å². The Hall–Kier alpha value is -2.88. The van der Waals surface area contributed by atoms with Gasteiger partial charge in [-0.2, -0.15) is 0 Å². The Morgan fingerprint density at radius 3 is 2.28 bits per heavy atom. The molecule has 0 unspecified atom stereocenters. The van der Waals surface area contributed by atoms with Gasteiger partial charge in [0.25, 0.3) is 0 Å². The molecular weight excluding hydrogens is 444 g/mol. The van der Waals surface area contributed by atoms with Crippen molar-refractivity contribution >= 4 is 38.5 Å². The largest absolute Gasteiger partial charge is 0.427 e. The zero-order valence-corrected chi connectivity index (χ0v) is 22.7. The van der Waals surface area contributed by atoms with Crippen molar-refractivity contribution in [1.29, 1.82) is 0 Å². The predicted octanol–water partition coefficient (Wildman–Crippen LogP) is 9.20. The smallest absolute Gasteiger partial charge is 0.311 e. The number of aromatic nitrogens is 2. The van der Waals surface area contributed by atoms with Crippen molar-refractivity contribution in [2.45, 2.75) is 105 Å². The Kier molecular flexibility index (Phi) is 9.01. The number of esters is 1. The molecule has 0 fully saturated rings. The zero-order valence-electron chi connectivity index (χ0n) is 22.7. The van der Waals surface area contributed by atoms with Gasteiger partial charge in [-0.25, -0.2) is 0 Å². The summed E-state index contributed by atoms with van der Waals surface area (Å²) in [6, 6.07) is 8.25. The van der Waals surface area contributed by atoms with Crippen LogP contribution in [0, 0.1) is 13.8 Å². The Morgan fingerprint density at radius 1 is 0.833 bits per heavy atom. The van der Waals surface area contributed by atoms with E-state index in [9.17, 15) is 4.79 Å². The number of ether oxygens (including phenoxy) is 1. The van der Waals surface area contributed by atoms with E-state index in [-0.39, 0.29) is 5.97 Å². The first-order valence-corrected chi connectivity index (χ1v) is 14.1. The van der Waals surface area contributed by atoms with Gasteiger partial charge in [-0.1, -0.05) is 65.2 Å². The molecule has 4 nitrogen and oxygen atoms in total. The maximum Gasteiger partial charge on any atom is 0.311 e. The maximum absolute atomic E-state index is 12.6. The number of unbranched alkanes of at least 4 members (excludes halogenated alkanes) is 8. The Labute approximate surface area is 216 Å². The summed E-state index contributed by atoms with van der Waals surface area (Å²) in [6.45, 7) is 9.82. The molecule has 2 aromatic carbocycles. The lowest BCUT2D eigenvalue weighted by atomic mass is 9.97. The van der Waals surface area contributed by atoms with Gasteiger partial charge < -0.3 is 9.30 Å². The van der Waals surface area contributed by atoms with Gasteiger partial charge in [0.15, 0.2) is 0 Å². The highest BCUT2D eigenvalue weighted by atomic mass is 16.5. The second-order valence-corrected chi connectivity index (χ2v) is 10.3. The summed E-state index contributed by atoms with van der Waals surface area (Å²) in [4.78, 5) is 17.0. The molecule has 0 radical (unpaired) electrons. The van der Waals surface area contributed by atoms with E-state index in [2.05, 4.69) is 55.4 Å². The van der Waals surface area contributed by atoms with E-state index in [4.69, 9.17) is 4.74 Å². The van der Waals surface area contributed by atoms with Crippen LogP contribution in [0.4, 0.5) is 0 Å². The average molecular weight is 487 g/mol. The van der Waals surface area contributed by atoms with Crippen LogP contribution in [0.2, 0.25) is 0 Å². The van der Waals surface area contributed by atoms with E-state index in [1.165, 1.54) is 83.3 Å². The number of carbonyl (C=O) groups excluding carboxylic acids is 1. The molecule has 0 saturated heterocycles. The molecule has 0 aliphatic heterocycles. The highest BCUT2D eigenvalue weighted by molar-refractivity contribution is 6.17. The molecule has 192 valence electrons. The minimum atomic E-state index is -0.128. The first-order chi connectivity index (χ1) is 17.6. The normalized spacial score (nSPS) is 11.7. The minimum absolute atomic E-state index is 0.128. The third kappa shape index (κ3) is 5.58. The fourth-order valence-corrected chi connectivity index (χ4v) is 5.67. The lowest BCUT2D eigenvalue weighted by Gasteiger charge is -2.12. The van der Waals surface area contributed by atoms with E-state index >= 15 is 0 Å². The molecular formula is C32H42N2O2. The van der Waals surface area contributed by atoms with E-state index in [0.29, 0.717) is 12.2 Å². The van der Waals surface area contributed by atoms with Crippen molar-refractivity contribution in [1.82, 2.24) is 9.55 Å². The van der Waals surface area contributed by atoms with Crippen LogP contribution in [0.3, 0.4) is 0 Å². The van der Waals surface area contributed by atoms with E-state index in [0.717, 1.165) is 31.2 Å². The third-order valence-corrected chi connectivity index (χ3v) is 7.56. The maximum atomic E-state index is 12.6. The number of aryl methyl sites for hydroxylation is 3. The molecule has 0 amide bonds. The average Bonchev–Trinajstić information content (AvgIpc) is 3.20. The topological polar surface area (TPSA) is 44.1 Å². The summed E-state index contributed by atoms with van der Waals surface area (Å²) in [5.41, 5.74) is 4.99. The number of hydrogen-bond acceptors (Lipinski definition) is 3. The number of rotatable bonds is 13. The quantitative estimate of drug-likeness (QED) is 0.107. The number of fused-ring (bicyclic) bond motifs is 4. The van der Waals surface area contributed by atoms with Crippen LogP contribution in [0.1, 0.15) is 95.6 Å². The van der Waals surface area contributed by atoms with Crippen molar-refractivity contribution in [3.8, 4) is 5.75 Å². The summed E-state index contributed by atoms with van der Waals surface area (Å²) >= 11 is 0. The molecule has 0 spiro atoms. The predicted molar refractivity (Wildman–Crippen MR) is 152 cm³/mol. The first kappa shape index (κ1) is 26.2. The second kappa shape index (κ2) is 12.4. The van der Waals surface area contributed by atoms with Gasteiger partial charge in [-0.05, 0) is 67.5 Å². The van der Waals surface area contributed by atoms with Crippen LogP contribution in [0.15, 0.2) is 36.7 Å². The van der Waals surface area contributed by atoms with Crippen molar-refractivity contribution < 1.29 is 9.53 Å². The van der Waals surface area contributed by atoms with Crippen molar-refractivity contribution in [3.63, 3.8) is 0 Å². The molecule has 4 rings (SSSR count). The van der Waals surface area contributed by atoms with Gasteiger partial charge >= 0.3 is 5.97 Å². The number of carbonyl (C=O) groups is 1. The van der Waals surface area contributed by atoms with Crippen LogP contribution in [-0.4, -0.2) is 15.5 Å². The fourth-order valence-electron chi connectivity index (χ4n) is 5.67. The van der Waals surface area contributed by atoms with Gasteiger partial charge in [0, 0.05) is 47.0 Å². The second-order valence-electron chi connectivity index (χ2n) is 10.3. The Balaban J connectivity index is 1.50. The molecule has 0 saturated carbocycles. The molecule has 2 aromatic heterocycles. The monoisotopic (exact) mass is 486 g/mol. The van der Waals surface area contributed by atoms with Crippen molar-refractivity contribution in [3.05, 3.63) is 47.8 Å². The molecule has 4 heteroatoms. The highest BCUT2D eigenvalue weighted by Crippen LogP contribution is 2.39. The molecule has 0 atom stereocenters. The van der Waals surface area contributed by atoms with Crippen LogP contribution >= 0.6 is 0 Å². The van der Waals surface area contributed by atoms with Gasteiger partial charge in [0.1, 0.15) is 5.75 Å². The van der Waals surface area contributed by atoms with Gasteiger partial charge in [-0.15, -0.1) is 0 Å². The van der Waals surface area contributed by atoms with Gasteiger partial charge in [0.2, 0.25) is 0 Å². The van der Waals surface area contributed by atoms with Gasteiger partial charge in [0.05, 0.1) is 5.52 Å². The van der Waals surface area contributed by atoms with Crippen molar-refractivity contribution in [2.24, 2.45) is 0 Å². The molecule has 2 heterocycles. The van der Waals surface area contributed by atoms with Crippen LogP contribution < -0.4 is 4.74 Å². The van der Waals surface area contributed by atoms with E-state index < -0.39 is 0 Å². The Morgan fingerprint density at radius 2 is 1.56 bits per heavy atom. The van der Waals surface area contributed by atoms with Crippen LogP contribution in [0.5, 0.6) is 5.75 Å². The number of pyridine rings is 1. The number of hydrogen-bond donors (Lipinski definition) is 0. The molecule has 4 aromatic rings. The van der Waals surface area contributed by atoms with Gasteiger partial charge in [-0.3, -0.25) is 9.78 Å². The fraction of sp³-hybridized carbons (Fsp3) is 0.500. The molecule has 0 N–H and O–H groups in total. The lowest BCUT2D eigenvalue weighted by molar-refractivity contribution is -0.134. The summed E-state index contributed by atoms with van der Waals surface area (Å²) < 4.78 is 8.24. The number of nitrogens with zero attached hydrogens (tertiary/aromatic N) is 2. The van der Waals surface area contributed by atoms with E-state index in [1.807, 2.05) is 18.5 Å². The molecule has 0 aliphatic carbocycles. The van der Waals surface area contributed by atoms with Crippen molar-refractivity contribution in [2.75, 3.05) is 0 Å². The zero-order chi connectivity index (χ0) is 25.5. The minimum Gasteiger partial charge on any atom is -0.427 e. The molecule has 0 aliphatic rings. The SMILES string of the molecule is CCCCCCCCCCCC(=O)Oc1ccc2c(c1)c1c(C)c3cnccc3c(C)c1n2CCC. The van der Waals surface area contributed by atoms with Crippen LogP contribution in [0.25, 0.3) is 32.6 Å². The van der Waals surface area contributed by atoms with Crippen LogP contribution in [-0.2, 0) is 11.3 Å². The molecule has 0 bridgehead atoms. The summed E-state index contributed by atoms with van der Waals surface area (Å²) in [6.07, 6.45) is 16.6. The summed E-state index contributed by atoms with van der Waals surface area (Å²) in [5.74, 6) is 0.513. The lowest BCUT2D eigenvalue weighted by Crippen LogP contribution is -2.07. The first-order valence-electron chi connectivity index (χ1n) is 14.1. The summed E-state index contributed by atoms with van der Waals surface area (Å²) in [7, 11) is 0. The Bertz CT molecular complexity index is 1330. The number of benzene rings is 2. The third-order valence-electron chi connectivity index (χ3n) is 7.56.